The largest absolute Gasteiger partial charge is 0.465 e. The molecule has 0 saturated heterocycles. The summed E-state index contributed by atoms with van der Waals surface area (Å²) >= 11 is 2.97. The first kappa shape index (κ1) is 17.0. The molecule has 1 heterocycles. The molecule has 118 valence electrons. The Kier molecular flexibility index (Phi) is 4.91. The Morgan fingerprint density at radius 3 is 2.41 bits per heavy atom. The van der Waals surface area contributed by atoms with Crippen molar-refractivity contribution in [1.82, 2.24) is 0 Å². The number of carbonyl (C=O) groups excluding carboxylic acids is 1. The van der Waals surface area contributed by atoms with Crippen LogP contribution in [0.25, 0.3) is 0 Å². The van der Waals surface area contributed by atoms with E-state index in [9.17, 15) is 18.0 Å². The summed E-state index contributed by atoms with van der Waals surface area (Å²) in [6, 6.07) is 5.75. The molecule has 1 N–H and O–H groups in total. The number of para-hydroxylation sites is 1. The van der Waals surface area contributed by atoms with Crippen LogP contribution in [0.1, 0.15) is 21.9 Å². The van der Waals surface area contributed by atoms with Gasteiger partial charge in [-0.2, -0.15) is 13.2 Å². The maximum Gasteiger partial charge on any atom is 0.446 e. The SMILES string of the molecule is Cc1oc(C)c(C(=O)Nc2ccccc2SC(F)(F)F)c1Br. The third-order valence-corrected chi connectivity index (χ3v) is 4.54. The summed E-state index contributed by atoms with van der Waals surface area (Å²) < 4.78 is 43.4. The number of amides is 1. The number of halogens is 4. The molecule has 2 rings (SSSR count). The van der Waals surface area contributed by atoms with Crippen LogP contribution in [0.4, 0.5) is 18.9 Å². The van der Waals surface area contributed by atoms with E-state index in [0.29, 0.717) is 16.0 Å². The average Bonchev–Trinajstić information content (AvgIpc) is 2.64. The van der Waals surface area contributed by atoms with E-state index in [2.05, 4.69) is 21.2 Å². The minimum atomic E-state index is -4.43. The second-order valence-electron chi connectivity index (χ2n) is 4.40. The quantitative estimate of drug-likeness (QED) is 0.697. The van der Waals surface area contributed by atoms with Crippen molar-refractivity contribution < 1.29 is 22.4 Å². The molecule has 0 aliphatic rings. The molecule has 1 amide bonds. The van der Waals surface area contributed by atoms with Crippen molar-refractivity contribution in [3.63, 3.8) is 0 Å². The van der Waals surface area contributed by atoms with Gasteiger partial charge in [0.1, 0.15) is 11.5 Å². The second kappa shape index (κ2) is 6.37. The number of aryl methyl sites for hydroxylation is 2. The zero-order valence-electron chi connectivity index (χ0n) is 11.5. The van der Waals surface area contributed by atoms with Crippen LogP contribution in [0.5, 0.6) is 0 Å². The van der Waals surface area contributed by atoms with Crippen LogP contribution in [-0.2, 0) is 0 Å². The highest BCUT2D eigenvalue weighted by molar-refractivity contribution is 9.10. The summed E-state index contributed by atoms with van der Waals surface area (Å²) in [5.41, 5.74) is -4.06. The minimum absolute atomic E-state index is 0.0719. The Morgan fingerprint density at radius 1 is 1.23 bits per heavy atom. The van der Waals surface area contributed by atoms with E-state index in [1.54, 1.807) is 19.9 Å². The van der Waals surface area contributed by atoms with Crippen molar-refractivity contribution in [2.75, 3.05) is 5.32 Å². The Labute approximate surface area is 137 Å². The molecular formula is C14H11BrF3NO2S. The van der Waals surface area contributed by atoms with Crippen molar-refractivity contribution >= 4 is 39.3 Å². The van der Waals surface area contributed by atoms with Crippen molar-refractivity contribution in [1.29, 1.82) is 0 Å². The van der Waals surface area contributed by atoms with E-state index in [0.717, 1.165) is 0 Å². The molecular weight excluding hydrogens is 383 g/mol. The monoisotopic (exact) mass is 393 g/mol. The van der Waals surface area contributed by atoms with E-state index in [1.165, 1.54) is 18.2 Å². The van der Waals surface area contributed by atoms with Gasteiger partial charge in [0.05, 0.1) is 15.7 Å². The zero-order valence-corrected chi connectivity index (χ0v) is 13.9. The van der Waals surface area contributed by atoms with Gasteiger partial charge in [0, 0.05) is 4.90 Å². The maximum atomic E-state index is 12.5. The Bertz CT molecular complexity index is 713. The Morgan fingerprint density at radius 2 is 1.86 bits per heavy atom. The average molecular weight is 394 g/mol. The predicted octanol–water partition coefficient (Wildman–Crippen LogP) is 5.52. The lowest BCUT2D eigenvalue weighted by Crippen LogP contribution is -2.14. The van der Waals surface area contributed by atoms with E-state index < -0.39 is 11.4 Å². The number of nitrogens with one attached hydrogen (secondary N) is 1. The number of rotatable bonds is 3. The minimum Gasteiger partial charge on any atom is -0.465 e. The normalized spacial score (nSPS) is 11.5. The topological polar surface area (TPSA) is 42.2 Å². The third kappa shape index (κ3) is 3.86. The van der Waals surface area contributed by atoms with E-state index >= 15 is 0 Å². The molecule has 22 heavy (non-hydrogen) atoms. The van der Waals surface area contributed by atoms with Crippen molar-refractivity contribution in [2.45, 2.75) is 24.3 Å². The van der Waals surface area contributed by atoms with Crippen LogP contribution < -0.4 is 5.32 Å². The Hall–Kier alpha value is -1.41. The number of hydrogen-bond acceptors (Lipinski definition) is 3. The number of carbonyl (C=O) groups is 1. The van der Waals surface area contributed by atoms with Gasteiger partial charge in [-0.3, -0.25) is 4.79 Å². The van der Waals surface area contributed by atoms with Crippen LogP contribution in [-0.4, -0.2) is 11.4 Å². The fourth-order valence-corrected chi connectivity index (χ4v) is 3.05. The van der Waals surface area contributed by atoms with Gasteiger partial charge in [-0.05, 0) is 53.7 Å². The van der Waals surface area contributed by atoms with Gasteiger partial charge < -0.3 is 9.73 Å². The number of thioether (sulfide) groups is 1. The van der Waals surface area contributed by atoms with Gasteiger partial charge in [0.25, 0.3) is 5.91 Å². The molecule has 2 aromatic rings. The smallest absolute Gasteiger partial charge is 0.446 e. The molecule has 0 aliphatic carbocycles. The molecule has 0 radical (unpaired) electrons. The number of alkyl halides is 3. The number of anilines is 1. The fraction of sp³-hybridized carbons (Fsp3) is 0.214. The molecule has 0 spiro atoms. The van der Waals surface area contributed by atoms with E-state index in [4.69, 9.17) is 4.42 Å². The first-order valence-electron chi connectivity index (χ1n) is 6.10. The van der Waals surface area contributed by atoms with Crippen LogP contribution in [0, 0.1) is 13.8 Å². The third-order valence-electron chi connectivity index (χ3n) is 2.77. The molecule has 8 heteroatoms. The van der Waals surface area contributed by atoms with E-state index in [-0.39, 0.29) is 27.9 Å². The number of furan rings is 1. The first-order valence-corrected chi connectivity index (χ1v) is 7.71. The summed E-state index contributed by atoms with van der Waals surface area (Å²) in [6.07, 6.45) is 0. The van der Waals surface area contributed by atoms with Crippen molar-refractivity contribution in [3.05, 3.63) is 45.8 Å². The summed E-state index contributed by atoms with van der Waals surface area (Å²) in [5, 5.41) is 2.49. The highest BCUT2D eigenvalue weighted by atomic mass is 79.9. The van der Waals surface area contributed by atoms with Crippen molar-refractivity contribution in [3.8, 4) is 0 Å². The Balaban J connectivity index is 2.29. The van der Waals surface area contributed by atoms with Gasteiger partial charge in [-0.25, -0.2) is 0 Å². The van der Waals surface area contributed by atoms with Crippen LogP contribution in [0.2, 0.25) is 0 Å². The van der Waals surface area contributed by atoms with Gasteiger partial charge in [0.2, 0.25) is 0 Å². The molecule has 1 aromatic carbocycles. The highest BCUT2D eigenvalue weighted by Crippen LogP contribution is 2.40. The summed E-state index contributed by atoms with van der Waals surface area (Å²) in [7, 11) is 0. The lowest BCUT2D eigenvalue weighted by Gasteiger charge is -2.12. The lowest BCUT2D eigenvalue weighted by molar-refractivity contribution is -0.0328. The molecule has 0 unspecified atom stereocenters. The molecule has 0 bridgehead atoms. The van der Waals surface area contributed by atoms with E-state index in [1.807, 2.05) is 0 Å². The molecule has 0 fully saturated rings. The fourth-order valence-electron chi connectivity index (χ4n) is 1.88. The number of benzene rings is 1. The summed E-state index contributed by atoms with van der Waals surface area (Å²) in [4.78, 5) is 12.2. The van der Waals surface area contributed by atoms with Gasteiger partial charge in [0.15, 0.2) is 0 Å². The summed E-state index contributed by atoms with van der Waals surface area (Å²) in [6.45, 7) is 3.30. The van der Waals surface area contributed by atoms with Gasteiger partial charge in [-0.15, -0.1) is 0 Å². The van der Waals surface area contributed by atoms with Gasteiger partial charge in [-0.1, -0.05) is 12.1 Å². The second-order valence-corrected chi connectivity index (χ2v) is 6.30. The van der Waals surface area contributed by atoms with Crippen LogP contribution in [0.15, 0.2) is 38.1 Å². The molecule has 0 atom stereocenters. The molecule has 1 aromatic heterocycles. The van der Waals surface area contributed by atoms with Crippen LogP contribution >= 0.6 is 27.7 Å². The van der Waals surface area contributed by atoms with Crippen LogP contribution in [0.3, 0.4) is 0 Å². The standard InChI is InChI=1S/C14H11BrF3NO2S/c1-7-11(12(15)8(2)21-7)13(20)19-9-5-3-4-6-10(9)22-14(16,17)18/h3-6H,1-2H3,(H,19,20). The van der Waals surface area contributed by atoms with Gasteiger partial charge >= 0.3 is 5.51 Å². The molecule has 0 aliphatic heterocycles. The predicted molar refractivity (Wildman–Crippen MR) is 82.2 cm³/mol. The molecule has 0 saturated carbocycles. The molecule has 3 nitrogen and oxygen atoms in total. The summed E-state index contributed by atoms with van der Waals surface area (Å²) in [5.74, 6) is 0.389. The lowest BCUT2D eigenvalue weighted by atomic mass is 10.2. The zero-order chi connectivity index (χ0) is 16.5. The maximum absolute atomic E-state index is 12.5. The highest BCUT2D eigenvalue weighted by Gasteiger charge is 2.31. The first-order chi connectivity index (χ1) is 10.2. The number of hydrogen-bond donors (Lipinski definition) is 1. The van der Waals surface area contributed by atoms with Crippen molar-refractivity contribution in [2.24, 2.45) is 0 Å².